The van der Waals surface area contributed by atoms with Crippen LogP contribution in [-0.2, 0) is 16.0 Å². The summed E-state index contributed by atoms with van der Waals surface area (Å²) in [6.45, 7) is 3.84. The lowest BCUT2D eigenvalue weighted by atomic mass is 9.87. The molecule has 158 valence electrons. The van der Waals surface area contributed by atoms with Gasteiger partial charge in [-0.3, -0.25) is 9.59 Å². The van der Waals surface area contributed by atoms with Gasteiger partial charge in [0.25, 0.3) is 0 Å². The van der Waals surface area contributed by atoms with Gasteiger partial charge < -0.3 is 14.9 Å². The van der Waals surface area contributed by atoms with E-state index in [9.17, 15) is 14.7 Å². The average molecular weight is 407 g/mol. The second kappa shape index (κ2) is 9.00. The van der Waals surface area contributed by atoms with Gasteiger partial charge in [-0.15, -0.1) is 0 Å². The Bertz CT molecular complexity index is 873. The summed E-state index contributed by atoms with van der Waals surface area (Å²) in [5.41, 5.74) is 3.05. The van der Waals surface area contributed by atoms with Gasteiger partial charge in [-0.25, -0.2) is 0 Å². The Balaban J connectivity index is 1.33. The number of rotatable bonds is 5. The molecule has 0 aliphatic carbocycles. The van der Waals surface area contributed by atoms with Crippen LogP contribution in [0, 0.1) is 11.8 Å². The number of hydrogen-bond acceptors (Lipinski definition) is 3. The molecule has 0 radical (unpaired) electrons. The summed E-state index contributed by atoms with van der Waals surface area (Å²) in [4.78, 5) is 29.2. The fraction of sp³-hybridized carbons (Fsp3) is 0.440. The second-order valence-electron chi connectivity index (χ2n) is 8.44. The number of benzene rings is 2. The minimum Gasteiger partial charge on any atom is -0.388 e. The molecule has 5 heteroatoms. The van der Waals surface area contributed by atoms with Crippen molar-refractivity contribution in [3.05, 3.63) is 65.7 Å². The Morgan fingerprint density at radius 3 is 2.37 bits per heavy atom. The van der Waals surface area contributed by atoms with E-state index < -0.39 is 6.10 Å². The number of aryl methyl sites for hydroxylation is 1. The first kappa shape index (κ1) is 20.6. The molecule has 2 aromatic carbocycles. The number of likely N-dealkylation sites (tertiary alicyclic amines) is 1. The average Bonchev–Trinajstić information content (AvgIpc) is 3.20. The predicted molar refractivity (Wildman–Crippen MR) is 117 cm³/mol. The summed E-state index contributed by atoms with van der Waals surface area (Å²) in [6.07, 6.45) is 2.32. The lowest BCUT2D eigenvalue weighted by molar-refractivity contribution is -0.137. The van der Waals surface area contributed by atoms with E-state index in [1.54, 1.807) is 4.90 Å². The Morgan fingerprint density at radius 2 is 1.73 bits per heavy atom. The van der Waals surface area contributed by atoms with Crippen molar-refractivity contribution in [1.29, 1.82) is 0 Å². The fourth-order valence-electron chi connectivity index (χ4n) is 4.65. The molecule has 5 nitrogen and oxygen atoms in total. The van der Waals surface area contributed by atoms with Crippen molar-refractivity contribution in [2.75, 3.05) is 24.5 Å². The summed E-state index contributed by atoms with van der Waals surface area (Å²) in [7, 11) is 0. The smallest absolute Gasteiger partial charge is 0.228 e. The number of nitrogens with zero attached hydrogens (tertiary/aromatic N) is 2. The minimum absolute atomic E-state index is 0.0204. The topological polar surface area (TPSA) is 60.9 Å². The van der Waals surface area contributed by atoms with Crippen molar-refractivity contribution in [2.24, 2.45) is 11.8 Å². The van der Waals surface area contributed by atoms with E-state index in [1.165, 1.54) is 5.56 Å². The highest BCUT2D eigenvalue weighted by molar-refractivity contribution is 6.00. The molecule has 2 amide bonds. The number of anilines is 1. The van der Waals surface area contributed by atoms with Crippen LogP contribution >= 0.6 is 0 Å². The molecule has 2 aromatic rings. The highest BCUT2D eigenvalue weighted by atomic mass is 16.3. The minimum atomic E-state index is -0.488. The molecule has 2 aliphatic rings. The third kappa shape index (κ3) is 4.26. The zero-order valence-corrected chi connectivity index (χ0v) is 17.5. The summed E-state index contributed by atoms with van der Waals surface area (Å²) < 4.78 is 0. The van der Waals surface area contributed by atoms with Gasteiger partial charge >= 0.3 is 0 Å². The normalized spacial score (nSPS) is 21.1. The van der Waals surface area contributed by atoms with E-state index in [-0.39, 0.29) is 30.1 Å². The first-order chi connectivity index (χ1) is 14.6. The number of aliphatic hydroxyl groups excluding tert-OH is 1. The lowest BCUT2D eigenvalue weighted by Crippen LogP contribution is -2.43. The van der Waals surface area contributed by atoms with Crippen LogP contribution in [0.25, 0.3) is 0 Å². The number of amides is 2. The molecule has 4 rings (SSSR count). The SMILES string of the molecule is CCc1ccc(N2CC(C(=O)N3CCC(C(O)c4ccccc4)CC3)CC2=O)cc1. The van der Waals surface area contributed by atoms with E-state index in [0.717, 1.165) is 30.5 Å². The van der Waals surface area contributed by atoms with Crippen molar-refractivity contribution >= 4 is 17.5 Å². The Hall–Kier alpha value is -2.66. The van der Waals surface area contributed by atoms with Gasteiger partial charge in [0.15, 0.2) is 0 Å². The largest absolute Gasteiger partial charge is 0.388 e. The molecule has 0 bridgehead atoms. The van der Waals surface area contributed by atoms with E-state index >= 15 is 0 Å². The maximum absolute atomic E-state index is 13.1. The lowest BCUT2D eigenvalue weighted by Gasteiger charge is -2.35. The van der Waals surface area contributed by atoms with Gasteiger partial charge in [-0.2, -0.15) is 0 Å². The highest BCUT2D eigenvalue weighted by Crippen LogP contribution is 2.32. The Labute approximate surface area is 178 Å². The van der Waals surface area contributed by atoms with Crippen LogP contribution in [0.4, 0.5) is 5.69 Å². The molecule has 0 spiro atoms. The van der Waals surface area contributed by atoms with Crippen molar-refractivity contribution < 1.29 is 14.7 Å². The first-order valence-corrected chi connectivity index (χ1v) is 11.0. The molecule has 2 fully saturated rings. The van der Waals surface area contributed by atoms with Crippen molar-refractivity contribution in [3.63, 3.8) is 0 Å². The van der Waals surface area contributed by atoms with Crippen LogP contribution in [-0.4, -0.2) is 41.5 Å². The molecule has 2 atom stereocenters. The fourth-order valence-corrected chi connectivity index (χ4v) is 4.65. The van der Waals surface area contributed by atoms with Crippen LogP contribution in [0.5, 0.6) is 0 Å². The van der Waals surface area contributed by atoms with Crippen LogP contribution in [0.1, 0.15) is 43.4 Å². The predicted octanol–water partition coefficient (Wildman–Crippen LogP) is 3.57. The van der Waals surface area contributed by atoms with Gasteiger partial charge in [-0.05, 0) is 48.4 Å². The summed E-state index contributed by atoms with van der Waals surface area (Å²) in [5, 5.41) is 10.7. The van der Waals surface area contributed by atoms with Crippen LogP contribution in [0.2, 0.25) is 0 Å². The molecule has 2 saturated heterocycles. The highest BCUT2D eigenvalue weighted by Gasteiger charge is 2.38. The standard InChI is InChI=1S/C25H30N2O3/c1-2-18-8-10-22(11-9-18)27-17-21(16-23(27)28)25(30)26-14-12-20(13-15-26)24(29)19-6-4-3-5-7-19/h3-11,20-21,24,29H,2,12-17H2,1H3. The molecular formula is C25H30N2O3. The summed E-state index contributed by atoms with van der Waals surface area (Å²) in [5.74, 6) is -0.0233. The van der Waals surface area contributed by atoms with E-state index in [1.807, 2.05) is 59.5 Å². The first-order valence-electron chi connectivity index (χ1n) is 11.0. The number of aliphatic hydroxyl groups is 1. The van der Waals surface area contributed by atoms with Gasteiger partial charge in [0.05, 0.1) is 12.0 Å². The maximum atomic E-state index is 13.1. The van der Waals surface area contributed by atoms with E-state index in [0.29, 0.717) is 19.6 Å². The van der Waals surface area contributed by atoms with Crippen molar-refractivity contribution in [3.8, 4) is 0 Å². The third-order valence-corrected chi connectivity index (χ3v) is 6.57. The molecule has 2 unspecified atom stereocenters. The third-order valence-electron chi connectivity index (χ3n) is 6.57. The number of carbonyl (C=O) groups is 2. The van der Waals surface area contributed by atoms with Crippen LogP contribution in [0.15, 0.2) is 54.6 Å². The number of hydrogen-bond donors (Lipinski definition) is 1. The van der Waals surface area contributed by atoms with Crippen molar-refractivity contribution in [2.45, 2.75) is 38.7 Å². The molecule has 0 saturated carbocycles. The quantitative estimate of drug-likeness (QED) is 0.826. The van der Waals surface area contributed by atoms with Gasteiger partial charge in [0.1, 0.15) is 0 Å². The van der Waals surface area contributed by atoms with E-state index in [2.05, 4.69) is 6.92 Å². The van der Waals surface area contributed by atoms with Gasteiger partial charge in [0.2, 0.25) is 11.8 Å². The summed E-state index contributed by atoms with van der Waals surface area (Å²) >= 11 is 0. The molecule has 2 aliphatic heterocycles. The molecule has 0 aromatic heterocycles. The number of piperidine rings is 1. The van der Waals surface area contributed by atoms with E-state index in [4.69, 9.17) is 0 Å². The zero-order chi connectivity index (χ0) is 21.1. The van der Waals surface area contributed by atoms with Crippen molar-refractivity contribution in [1.82, 2.24) is 4.90 Å². The molecule has 1 N–H and O–H groups in total. The zero-order valence-electron chi connectivity index (χ0n) is 17.5. The van der Waals surface area contributed by atoms with Gasteiger partial charge in [0, 0.05) is 31.7 Å². The number of carbonyl (C=O) groups excluding carboxylic acids is 2. The Kier molecular flexibility index (Phi) is 6.18. The summed E-state index contributed by atoms with van der Waals surface area (Å²) in [6, 6.07) is 17.8. The van der Waals surface area contributed by atoms with Gasteiger partial charge in [-0.1, -0.05) is 49.4 Å². The molecular weight excluding hydrogens is 376 g/mol. The monoisotopic (exact) mass is 406 g/mol. The van der Waals surface area contributed by atoms with Crippen LogP contribution in [0.3, 0.4) is 0 Å². The molecule has 30 heavy (non-hydrogen) atoms. The molecule has 2 heterocycles. The second-order valence-corrected chi connectivity index (χ2v) is 8.44. The maximum Gasteiger partial charge on any atom is 0.228 e. The van der Waals surface area contributed by atoms with Crippen LogP contribution < -0.4 is 4.90 Å². The Morgan fingerprint density at radius 1 is 1.07 bits per heavy atom.